The molecule has 0 spiro atoms. The zero-order valence-electron chi connectivity index (χ0n) is 12.6. The SMILES string of the molecule is CCc1ccc(CN(C)C(=O)C2(C)COCC2N)cc1. The smallest absolute Gasteiger partial charge is 0.232 e. The van der Waals surface area contributed by atoms with E-state index in [0.717, 1.165) is 12.0 Å². The van der Waals surface area contributed by atoms with E-state index < -0.39 is 5.41 Å². The second-order valence-corrected chi connectivity index (χ2v) is 5.87. The molecule has 1 fully saturated rings. The van der Waals surface area contributed by atoms with Gasteiger partial charge in [-0.25, -0.2) is 0 Å². The number of hydrogen-bond donors (Lipinski definition) is 1. The summed E-state index contributed by atoms with van der Waals surface area (Å²) in [6.07, 6.45) is 1.03. The predicted octanol–water partition coefficient (Wildman–Crippen LogP) is 1.57. The van der Waals surface area contributed by atoms with Crippen LogP contribution in [0.25, 0.3) is 0 Å². The first-order valence-corrected chi connectivity index (χ1v) is 7.14. The van der Waals surface area contributed by atoms with Gasteiger partial charge in [-0.3, -0.25) is 4.79 Å². The van der Waals surface area contributed by atoms with E-state index in [9.17, 15) is 4.79 Å². The minimum absolute atomic E-state index is 0.0575. The molecule has 4 nitrogen and oxygen atoms in total. The molecular weight excluding hydrogens is 252 g/mol. The van der Waals surface area contributed by atoms with Crippen molar-refractivity contribution >= 4 is 5.91 Å². The van der Waals surface area contributed by atoms with Crippen LogP contribution in [0.1, 0.15) is 25.0 Å². The van der Waals surface area contributed by atoms with Gasteiger partial charge in [0.15, 0.2) is 0 Å². The molecule has 0 aliphatic carbocycles. The van der Waals surface area contributed by atoms with Crippen molar-refractivity contribution in [1.29, 1.82) is 0 Å². The Bertz CT molecular complexity index is 472. The van der Waals surface area contributed by atoms with Crippen molar-refractivity contribution in [2.24, 2.45) is 11.1 Å². The fraction of sp³-hybridized carbons (Fsp3) is 0.562. The molecular formula is C16H24N2O2. The maximum Gasteiger partial charge on any atom is 0.232 e. The lowest BCUT2D eigenvalue weighted by Crippen LogP contribution is -2.50. The number of carbonyl (C=O) groups is 1. The quantitative estimate of drug-likeness (QED) is 0.908. The van der Waals surface area contributed by atoms with Crippen molar-refractivity contribution in [2.45, 2.75) is 32.9 Å². The van der Waals surface area contributed by atoms with Crippen LogP contribution >= 0.6 is 0 Å². The lowest BCUT2D eigenvalue weighted by molar-refractivity contribution is -0.140. The number of benzene rings is 1. The highest BCUT2D eigenvalue weighted by Crippen LogP contribution is 2.29. The number of nitrogens with zero attached hydrogens (tertiary/aromatic N) is 1. The minimum atomic E-state index is -0.599. The van der Waals surface area contributed by atoms with Gasteiger partial charge in [0.05, 0.1) is 18.6 Å². The first kappa shape index (κ1) is 15.0. The molecule has 0 aromatic heterocycles. The van der Waals surface area contributed by atoms with Crippen molar-refractivity contribution in [3.05, 3.63) is 35.4 Å². The van der Waals surface area contributed by atoms with Gasteiger partial charge in [0.25, 0.3) is 0 Å². The van der Waals surface area contributed by atoms with Gasteiger partial charge in [-0.1, -0.05) is 31.2 Å². The molecule has 1 aromatic rings. The van der Waals surface area contributed by atoms with Gasteiger partial charge < -0.3 is 15.4 Å². The summed E-state index contributed by atoms with van der Waals surface area (Å²) in [6, 6.07) is 8.16. The van der Waals surface area contributed by atoms with Gasteiger partial charge in [0.2, 0.25) is 5.91 Å². The molecule has 2 atom stereocenters. The normalized spacial score (nSPS) is 25.7. The highest BCUT2D eigenvalue weighted by atomic mass is 16.5. The number of carbonyl (C=O) groups excluding carboxylic acids is 1. The van der Waals surface area contributed by atoms with Crippen molar-refractivity contribution < 1.29 is 9.53 Å². The van der Waals surface area contributed by atoms with E-state index in [1.54, 1.807) is 4.90 Å². The Kier molecular flexibility index (Phi) is 4.45. The molecule has 0 radical (unpaired) electrons. The maximum absolute atomic E-state index is 12.6. The summed E-state index contributed by atoms with van der Waals surface area (Å²) in [5.41, 5.74) is 7.85. The van der Waals surface area contributed by atoms with Crippen LogP contribution in [-0.4, -0.2) is 37.1 Å². The maximum atomic E-state index is 12.6. The Morgan fingerprint density at radius 1 is 1.40 bits per heavy atom. The summed E-state index contributed by atoms with van der Waals surface area (Å²) in [5.74, 6) is 0.0575. The van der Waals surface area contributed by atoms with E-state index >= 15 is 0 Å². The number of nitrogens with two attached hydrogens (primary N) is 1. The Balaban J connectivity index is 2.03. The number of amides is 1. The van der Waals surface area contributed by atoms with Crippen molar-refractivity contribution in [1.82, 2.24) is 4.90 Å². The molecule has 0 bridgehead atoms. The van der Waals surface area contributed by atoms with Gasteiger partial charge in [-0.15, -0.1) is 0 Å². The molecule has 1 aromatic carbocycles. The number of rotatable bonds is 4. The summed E-state index contributed by atoms with van der Waals surface area (Å²) in [6.45, 7) is 5.50. The third-order valence-electron chi connectivity index (χ3n) is 4.20. The Hall–Kier alpha value is -1.39. The van der Waals surface area contributed by atoms with Crippen molar-refractivity contribution in [3.8, 4) is 0 Å². The van der Waals surface area contributed by atoms with E-state index in [1.807, 2.05) is 14.0 Å². The first-order valence-electron chi connectivity index (χ1n) is 7.14. The average molecular weight is 276 g/mol. The summed E-state index contributed by atoms with van der Waals surface area (Å²) < 4.78 is 5.35. The highest BCUT2D eigenvalue weighted by molar-refractivity contribution is 5.83. The zero-order chi connectivity index (χ0) is 14.8. The van der Waals surface area contributed by atoms with Gasteiger partial charge >= 0.3 is 0 Å². The topological polar surface area (TPSA) is 55.6 Å². The standard InChI is InChI=1S/C16H24N2O2/c1-4-12-5-7-13(8-6-12)9-18(3)15(19)16(2)11-20-10-14(16)17/h5-8,14H,4,9-11,17H2,1-3H3. The summed E-state index contributed by atoms with van der Waals surface area (Å²) in [5, 5.41) is 0. The van der Waals surface area contributed by atoms with Crippen LogP contribution in [-0.2, 0) is 22.5 Å². The Morgan fingerprint density at radius 3 is 2.50 bits per heavy atom. The molecule has 2 rings (SSSR count). The van der Waals surface area contributed by atoms with Gasteiger partial charge in [-0.05, 0) is 24.5 Å². The molecule has 0 saturated carbocycles. The molecule has 110 valence electrons. The van der Waals surface area contributed by atoms with Crippen LogP contribution in [0, 0.1) is 5.41 Å². The summed E-state index contributed by atoms with van der Waals surface area (Å²) in [7, 11) is 1.83. The van der Waals surface area contributed by atoms with Crippen LogP contribution in [0.5, 0.6) is 0 Å². The zero-order valence-corrected chi connectivity index (χ0v) is 12.6. The highest BCUT2D eigenvalue weighted by Gasteiger charge is 2.45. The monoisotopic (exact) mass is 276 g/mol. The number of ether oxygens (including phenoxy) is 1. The fourth-order valence-electron chi connectivity index (χ4n) is 2.57. The molecule has 1 aliphatic rings. The van der Waals surface area contributed by atoms with Crippen LogP contribution in [0.2, 0.25) is 0 Å². The third kappa shape index (κ3) is 2.86. The van der Waals surface area contributed by atoms with Gasteiger partial charge in [0.1, 0.15) is 0 Å². The summed E-state index contributed by atoms with van der Waals surface area (Å²) >= 11 is 0. The molecule has 1 saturated heterocycles. The molecule has 2 N–H and O–H groups in total. The molecule has 20 heavy (non-hydrogen) atoms. The first-order chi connectivity index (χ1) is 9.47. The van der Waals surface area contributed by atoms with E-state index in [4.69, 9.17) is 10.5 Å². The minimum Gasteiger partial charge on any atom is -0.379 e. The lowest BCUT2D eigenvalue weighted by Gasteiger charge is -2.30. The van der Waals surface area contributed by atoms with Gasteiger partial charge in [-0.2, -0.15) is 0 Å². The predicted molar refractivity (Wildman–Crippen MR) is 79.2 cm³/mol. The van der Waals surface area contributed by atoms with Crippen LogP contribution in [0.15, 0.2) is 24.3 Å². The lowest BCUT2D eigenvalue weighted by atomic mass is 9.84. The van der Waals surface area contributed by atoms with Crippen LogP contribution < -0.4 is 5.73 Å². The second-order valence-electron chi connectivity index (χ2n) is 5.87. The van der Waals surface area contributed by atoms with Crippen molar-refractivity contribution in [2.75, 3.05) is 20.3 Å². The third-order valence-corrected chi connectivity index (χ3v) is 4.20. The van der Waals surface area contributed by atoms with E-state index in [-0.39, 0.29) is 11.9 Å². The number of aryl methyl sites for hydroxylation is 1. The molecule has 1 aliphatic heterocycles. The molecule has 1 heterocycles. The average Bonchev–Trinajstić information content (AvgIpc) is 2.79. The van der Waals surface area contributed by atoms with Crippen LogP contribution in [0.4, 0.5) is 0 Å². The Morgan fingerprint density at radius 2 is 2.00 bits per heavy atom. The fourth-order valence-corrected chi connectivity index (χ4v) is 2.57. The molecule has 4 heteroatoms. The van der Waals surface area contributed by atoms with Crippen LogP contribution in [0.3, 0.4) is 0 Å². The Labute approximate surface area is 120 Å². The molecule has 2 unspecified atom stereocenters. The largest absolute Gasteiger partial charge is 0.379 e. The summed E-state index contributed by atoms with van der Waals surface area (Å²) in [4.78, 5) is 14.3. The van der Waals surface area contributed by atoms with E-state index in [0.29, 0.717) is 19.8 Å². The van der Waals surface area contributed by atoms with E-state index in [2.05, 4.69) is 31.2 Å². The number of hydrogen-bond acceptors (Lipinski definition) is 3. The van der Waals surface area contributed by atoms with E-state index in [1.165, 1.54) is 5.56 Å². The molecule has 1 amide bonds. The second kappa shape index (κ2) is 5.94. The van der Waals surface area contributed by atoms with Crippen molar-refractivity contribution in [3.63, 3.8) is 0 Å². The van der Waals surface area contributed by atoms with Gasteiger partial charge in [0, 0.05) is 19.6 Å².